The second-order valence-corrected chi connectivity index (χ2v) is 2.94. The quantitative estimate of drug-likeness (QED) is 0.628. The molecule has 0 aliphatic rings. The molecule has 0 saturated heterocycles. The largest absolute Gasteiger partial charge is 0.416 e. The second-order valence-electron chi connectivity index (χ2n) is 2.94. The van der Waals surface area contributed by atoms with Crippen molar-refractivity contribution in [1.29, 1.82) is 0 Å². The van der Waals surface area contributed by atoms with Crippen molar-refractivity contribution < 1.29 is 13.2 Å². The zero-order valence-electron chi connectivity index (χ0n) is 8.41. The van der Waals surface area contributed by atoms with Crippen LogP contribution in [0, 0.1) is 6.07 Å². The monoisotopic (exact) mass is 223 g/mol. The fraction of sp³-hybridized carbons (Fsp3) is 0.0769. The summed E-state index contributed by atoms with van der Waals surface area (Å²) < 4.78 is 35.3. The minimum absolute atomic E-state index is 0.657. The average molecular weight is 223 g/mol. The van der Waals surface area contributed by atoms with Gasteiger partial charge in [-0.3, -0.25) is 0 Å². The summed E-state index contributed by atoms with van der Waals surface area (Å²) in [4.78, 5) is 0. The second kappa shape index (κ2) is 5.95. The molecule has 0 amide bonds. The van der Waals surface area contributed by atoms with Crippen LogP contribution in [-0.4, -0.2) is 0 Å². The molecule has 0 saturated carbocycles. The van der Waals surface area contributed by atoms with Crippen molar-refractivity contribution in [2.75, 3.05) is 0 Å². The van der Waals surface area contributed by atoms with Gasteiger partial charge in [0.2, 0.25) is 0 Å². The predicted octanol–water partition coefficient (Wildman–Crippen LogP) is 4.19. The fourth-order valence-electron chi connectivity index (χ4n) is 0.955. The molecule has 0 N–H and O–H groups in total. The standard InChI is InChI=1S/C7H4F3.C6H6/c8-7(9,10)6-4-2-1-3-5-6;1-2-4-6-5-3-1/h1-2,4-5H;1-6H. The Hall–Kier alpha value is -1.77. The molecule has 1 radical (unpaired) electrons. The van der Waals surface area contributed by atoms with Crippen LogP contribution in [0.5, 0.6) is 0 Å². The summed E-state index contributed by atoms with van der Waals surface area (Å²) in [6, 6.07) is 19.0. The smallest absolute Gasteiger partial charge is 0.166 e. The Morgan fingerprint density at radius 1 is 0.812 bits per heavy atom. The van der Waals surface area contributed by atoms with Crippen LogP contribution in [0.25, 0.3) is 0 Å². The van der Waals surface area contributed by atoms with E-state index in [9.17, 15) is 13.2 Å². The highest BCUT2D eigenvalue weighted by Gasteiger charge is 2.29. The highest BCUT2D eigenvalue weighted by molar-refractivity contribution is 5.16. The first-order chi connectivity index (χ1) is 7.61. The SMILES string of the molecule is FC(F)(F)c1c[c]ccc1.c1ccccc1. The Labute approximate surface area is 92.4 Å². The molecule has 0 atom stereocenters. The normalized spacial score (nSPS) is 10.2. The highest BCUT2D eigenvalue weighted by atomic mass is 19.4. The number of benzene rings is 2. The molecular weight excluding hydrogens is 213 g/mol. The number of halogens is 3. The van der Waals surface area contributed by atoms with Crippen LogP contribution in [0.4, 0.5) is 13.2 Å². The molecule has 2 aromatic carbocycles. The van der Waals surface area contributed by atoms with Gasteiger partial charge >= 0.3 is 6.18 Å². The van der Waals surface area contributed by atoms with E-state index in [1.165, 1.54) is 12.1 Å². The molecule has 0 bridgehead atoms. The maximum absolute atomic E-state index is 11.8. The topological polar surface area (TPSA) is 0 Å². The molecule has 0 spiro atoms. The van der Waals surface area contributed by atoms with Gasteiger partial charge in [0, 0.05) is 0 Å². The Bertz CT molecular complexity index is 352. The molecule has 16 heavy (non-hydrogen) atoms. The molecule has 83 valence electrons. The fourth-order valence-corrected chi connectivity index (χ4v) is 0.955. The Balaban J connectivity index is 0.000000181. The van der Waals surface area contributed by atoms with Gasteiger partial charge < -0.3 is 0 Å². The third-order valence-corrected chi connectivity index (χ3v) is 1.70. The van der Waals surface area contributed by atoms with Crippen LogP contribution in [0.1, 0.15) is 5.56 Å². The third-order valence-electron chi connectivity index (χ3n) is 1.70. The molecule has 3 heteroatoms. The van der Waals surface area contributed by atoms with Gasteiger partial charge in [-0.05, 0) is 18.2 Å². The maximum Gasteiger partial charge on any atom is 0.416 e. The highest BCUT2D eigenvalue weighted by Crippen LogP contribution is 2.28. The summed E-state index contributed by atoms with van der Waals surface area (Å²) in [5, 5.41) is 0. The zero-order valence-corrected chi connectivity index (χ0v) is 8.41. The summed E-state index contributed by atoms with van der Waals surface area (Å²) in [7, 11) is 0. The lowest BCUT2D eigenvalue weighted by Crippen LogP contribution is -2.03. The first kappa shape index (κ1) is 12.3. The van der Waals surface area contributed by atoms with Gasteiger partial charge in [-0.1, -0.05) is 48.5 Å². The minimum Gasteiger partial charge on any atom is -0.166 e. The minimum atomic E-state index is -4.24. The molecule has 0 nitrogen and oxygen atoms in total. The lowest BCUT2D eigenvalue weighted by atomic mass is 10.2. The van der Waals surface area contributed by atoms with Crippen molar-refractivity contribution in [3.05, 3.63) is 72.3 Å². The number of hydrogen-bond acceptors (Lipinski definition) is 0. The first-order valence-corrected chi connectivity index (χ1v) is 4.64. The van der Waals surface area contributed by atoms with E-state index in [1.807, 2.05) is 36.4 Å². The maximum atomic E-state index is 11.8. The first-order valence-electron chi connectivity index (χ1n) is 4.64. The zero-order chi connectivity index (χ0) is 11.9. The molecule has 0 heterocycles. The molecule has 0 unspecified atom stereocenters. The Morgan fingerprint density at radius 3 is 1.56 bits per heavy atom. The summed E-state index contributed by atoms with van der Waals surface area (Å²) in [5.74, 6) is 0. The van der Waals surface area contributed by atoms with E-state index in [-0.39, 0.29) is 0 Å². The predicted molar refractivity (Wildman–Crippen MR) is 56.7 cm³/mol. The Morgan fingerprint density at radius 2 is 1.31 bits per heavy atom. The van der Waals surface area contributed by atoms with E-state index in [1.54, 1.807) is 0 Å². The van der Waals surface area contributed by atoms with Gasteiger partial charge in [-0.25, -0.2) is 0 Å². The van der Waals surface area contributed by atoms with Crippen LogP contribution in [0.2, 0.25) is 0 Å². The van der Waals surface area contributed by atoms with Gasteiger partial charge in [0.05, 0.1) is 5.56 Å². The van der Waals surface area contributed by atoms with E-state index < -0.39 is 11.7 Å². The van der Waals surface area contributed by atoms with Crippen molar-refractivity contribution in [3.63, 3.8) is 0 Å². The number of rotatable bonds is 0. The summed E-state index contributed by atoms with van der Waals surface area (Å²) >= 11 is 0. The van der Waals surface area contributed by atoms with Crippen molar-refractivity contribution in [2.24, 2.45) is 0 Å². The van der Waals surface area contributed by atoms with E-state index in [0.29, 0.717) is 0 Å². The van der Waals surface area contributed by atoms with Crippen LogP contribution in [0.3, 0.4) is 0 Å². The van der Waals surface area contributed by atoms with E-state index in [0.717, 1.165) is 12.1 Å². The van der Waals surface area contributed by atoms with Gasteiger partial charge in [0.15, 0.2) is 0 Å². The lowest BCUT2D eigenvalue weighted by molar-refractivity contribution is -0.137. The molecular formula is C13H10F3. The van der Waals surface area contributed by atoms with Crippen molar-refractivity contribution in [1.82, 2.24) is 0 Å². The van der Waals surface area contributed by atoms with Gasteiger partial charge in [0.25, 0.3) is 0 Å². The van der Waals surface area contributed by atoms with Crippen molar-refractivity contribution >= 4 is 0 Å². The van der Waals surface area contributed by atoms with E-state index in [2.05, 4.69) is 6.07 Å². The number of hydrogen-bond donors (Lipinski definition) is 0. The average Bonchev–Trinajstić information content (AvgIpc) is 2.32. The van der Waals surface area contributed by atoms with E-state index >= 15 is 0 Å². The summed E-state index contributed by atoms with van der Waals surface area (Å²) in [6.45, 7) is 0. The van der Waals surface area contributed by atoms with Gasteiger partial charge in [-0.15, -0.1) is 0 Å². The molecule has 0 aromatic heterocycles. The van der Waals surface area contributed by atoms with Crippen molar-refractivity contribution in [2.45, 2.75) is 6.18 Å². The van der Waals surface area contributed by atoms with Gasteiger partial charge in [-0.2, -0.15) is 13.2 Å². The molecule has 2 aromatic rings. The molecule has 2 rings (SSSR count). The van der Waals surface area contributed by atoms with Crippen LogP contribution in [-0.2, 0) is 6.18 Å². The van der Waals surface area contributed by atoms with Gasteiger partial charge in [0.1, 0.15) is 0 Å². The van der Waals surface area contributed by atoms with Crippen LogP contribution < -0.4 is 0 Å². The summed E-state index contributed by atoms with van der Waals surface area (Å²) in [6.07, 6.45) is -4.24. The van der Waals surface area contributed by atoms with Crippen LogP contribution >= 0.6 is 0 Å². The summed E-state index contributed by atoms with van der Waals surface area (Å²) in [5.41, 5.74) is -0.657. The Kier molecular flexibility index (Phi) is 4.58. The van der Waals surface area contributed by atoms with Crippen molar-refractivity contribution in [3.8, 4) is 0 Å². The molecule has 0 aliphatic carbocycles. The third kappa shape index (κ3) is 4.64. The van der Waals surface area contributed by atoms with Crippen LogP contribution in [0.15, 0.2) is 60.7 Å². The molecule has 0 fully saturated rings. The number of alkyl halides is 3. The van der Waals surface area contributed by atoms with E-state index in [4.69, 9.17) is 0 Å². The lowest BCUT2D eigenvalue weighted by Gasteiger charge is -2.03. The molecule has 0 aliphatic heterocycles.